The second kappa shape index (κ2) is 9.11. The second-order valence-electron chi connectivity index (χ2n) is 7.34. The summed E-state index contributed by atoms with van der Waals surface area (Å²) in [4.78, 5) is 19.4. The number of ether oxygens (including phenoxy) is 1. The Kier molecular flexibility index (Phi) is 6.11. The van der Waals surface area contributed by atoms with Gasteiger partial charge in [-0.3, -0.25) is 4.79 Å². The first-order valence-corrected chi connectivity index (χ1v) is 10.00. The number of para-hydroxylation sites is 1. The smallest absolute Gasteiger partial charge is 0.387 e. The standard InChI is InChI=1S/C22H22F2N4O3/c1-14-25-20(31-27-14)15-5-4-12-28(13-15)21(29)18-6-2-3-7-19(18)26-16-8-10-17(11-9-16)30-22(23)24/h2-3,6-11,15,22,26H,4-5,12-13H2,1H3/t15-/m0/s1. The molecule has 1 saturated heterocycles. The number of hydrogen-bond acceptors (Lipinski definition) is 6. The van der Waals surface area contributed by atoms with Crippen molar-refractivity contribution < 1.29 is 22.8 Å². The largest absolute Gasteiger partial charge is 0.435 e. The van der Waals surface area contributed by atoms with E-state index in [4.69, 9.17) is 4.52 Å². The molecular formula is C22H22F2N4O3. The topological polar surface area (TPSA) is 80.5 Å². The van der Waals surface area contributed by atoms with Gasteiger partial charge in [-0.15, -0.1) is 0 Å². The molecule has 3 aromatic rings. The molecule has 1 aliphatic rings. The number of likely N-dealkylation sites (tertiary alicyclic amines) is 1. The highest BCUT2D eigenvalue weighted by molar-refractivity contribution is 6.00. The Bertz CT molecular complexity index is 1040. The quantitative estimate of drug-likeness (QED) is 0.611. The number of nitrogens with zero attached hydrogens (tertiary/aromatic N) is 3. The number of aromatic nitrogens is 2. The van der Waals surface area contributed by atoms with Crippen molar-refractivity contribution in [1.82, 2.24) is 15.0 Å². The number of alkyl halides is 2. The van der Waals surface area contributed by atoms with Crippen LogP contribution in [-0.2, 0) is 0 Å². The van der Waals surface area contributed by atoms with Crippen LogP contribution in [0.25, 0.3) is 0 Å². The van der Waals surface area contributed by atoms with E-state index in [1.54, 1.807) is 42.2 Å². The number of amides is 1. The van der Waals surface area contributed by atoms with Gasteiger partial charge < -0.3 is 19.5 Å². The van der Waals surface area contributed by atoms with Crippen molar-refractivity contribution in [2.24, 2.45) is 0 Å². The molecule has 162 valence electrons. The highest BCUT2D eigenvalue weighted by atomic mass is 19.3. The van der Waals surface area contributed by atoms with Crippen LogP contribution in [0.3, 0.4) is 0 Å². The van der Waals surface area contributed by atoms with E-state index in [0.717, 1.165) is 12.8 Å². The number of piperidine rings is 1. The number of nitrogens with one attached hydrogen (secondary N) is 1. The molecule has 0 bridgehead atoms. The summed E-state index contributed by atoms with van der Waals surface area (Å²) in [6, 6.07) is 13.3. The van der Waals surface area contributed by atoms with Crippen LogP contribution in [0.4, 0.5) is 20.2 Å². The Hall–Kier alpha value is -3.49. The van der Waals surface area contributed by atoms with Crippen LogP contribution < -0.4 is 10.1 Å². The first-order chi connectivity index (χ1) is 15.0. The minimum Gasteiger partial charge on any atom is -0.435 e. The number of hydrogen-bond donors (Lipinski definition) is 1. The van der Waals surface area contributed by atoms with Gasteiger partial charge in [-0.2, -0.15) is 13.8 Å². The van der Waals surface area contributed by atoms with E-state index >= 15 is 0 Å². The highest BCUT2D eigenvalue weighted by Crippen LogP contribution is 2.29. The minimum atomic E-state index is -2.87. The number of carbonyl (C=O) groups is 1. The Morgan fingerprint density at radius 2 is 2.00 bits per heavy atom. The van der Waals surface area contributed by atoms with Crippen LogP contribution in [0.5, 0.6) is 5.75 Å². The molecule has 0 radical (unpaired) electrons. The molecule has 0 unspecified atom stereocenters. The Balaban J connectivity index is 1.49. The number of carbonyl (C=O) groups excluding carboxylic acids is 1. The van der Waals surface area contributed by atoms with E-state index in [2.05, 4.69) is 20.2 Å². The van der Waals surface area contributed by atoms with E-state index in [-0.39, 0.29) is 17.6 Å². The summed E-state index contributed by atoms with van der Waals surface area (Å²) < 4.78 is 34.3. The first kappa shape index (κ1) is 20.8. The van der Waals surface area contributed by atoms with Crippen molar-refractivity contribution >= 4 is 17.3 Å². The van der Waals surface area contributed by atoms with E-state index in [1.807, 2.05) is 6.07 Å². The molecule has 31 heavy (non-hydrogen) atoms. The summed E-state index contributed by atoms with van der Waals surface area (Å²) in [7, 11) is 0. The average Bonchev–Trinajstić information content (AvgIpc) is 3.21. The van der Waals surface area contributed by atoms with Crippen LogP contribution in [-0.4, -0.2) is 40.6 Å². The fourth-order valence-electron chi connectivity index (χ4n) is 3.67. The maximum atomic E-state index is 13.3. The summed E-state index contributed by atoms with van der Waals surface area (Å²) in [5, 5.41) is 7.04. The normalized spacial score (nSPS) is 16.4. The SMILES string of the molecule is Cc1noc([C@H]2CCCN(C(=O)c3ccccc3Nc3ccc(OC(F)F)cc3)C2)n1. The van der Waals surface area contributed by atoms with Crippen LogP contribution in [0.15, 0.2) is 53.1 Å². The van der Waals surface area contributed by atoms with Crippen LogP contribution in [0.1, 0.15) is 40.8 Å². The lowest BCUT2D eigenvalue weighted by molar-refractivity contribution is -0.0498. The van der Waals surface area contributed by atoms with Crippen molar-refractivity contribution in [3.8, 4) is 5.75 Å². The maximum Gasteiger partial charge on any atom is 0.387 e. The van der Waals surface area contributed by atoms with Gasteiger partial charge in [0.15, 0.2) is 5.82 Å². The van der Waals surface area contributed by atoms with Gasteiger partial charge in [-0.05, 0) is 56.2 Å². The third-order valence-electron chi connectivity index (χ3n) is 5.12. The summed E-state index contributed by atoms with van der Waals surface area (Å²) in [6.07, 6.45) is 1.73. The molecule has 0 aliphatic carbocycles. The monoisotopic (exact) mass is 428 g/mol. The number of halogens is 2. The number of anilines is 2. The molecular weight excluding hydrogens is 406 g/mol. The fraction of sp³-hybridized carbons (Fsp3) is 0.318. The van der Waals surface area contributed by atoms with Crippen molar-refractivity contribution in [3.05, 3.63) is 65.8 Å². The van der Waals surface area contributed by atoms with E-state index in [9.17, 15) is 13.6 Å². The van der Waals surface area contributed by atoms with E-state index < -0.39 is 6.61 Å². The third kappa shape index (κ3) is 4.99. The summed E-state index contributed by atoms with van der Waals surface area (Å²) >= 11 is 0. The molecule has 0 spiro atoms. The lowest BCUT2D eigenvalue weighted by Gasteiger charge is -2.31. The first-order valence-electron chi connectivity index (χ1n) is 10.00. The van der Waals surface area contributed by atoms with Gasteiger partial charge in [0.2, 0.25) is 5.89 Å². The van der Waals surface area contributed by atoms with Gasteiger partial charge in [0.1, 0.15) is 5.75 Å². The van der Waals surface area contributed by atoms with Crippen LogP contribution in [0.2, 0.25) is 0 Å². The predicted molar refractivity (Wildman–Crippen MR) is 110 cm³/mol. The molecule has 2 aromatic carbocycles. The number of benzene rings is 2. The molecule has 7 nitrogen and oxygen atoms in total. The number of rotatable bonds is 6. The number of aryl methyl sites for hydroxylation is 1. The zero-order valence-corrected chi connectivity index (χ0v) is 16.9. The van der Waals surface area contributed by atoms with Crippen molar-refractivity contribution in [2.45, 2.75) is 32.3 Å². The summed E-state index contributed by atoms with van der Waals surface area (Å²) in [6.45, 7) is 0.0548. The summed E-state index contributed by atoms with van der Waals surface area (Å²) in [5.74, 6) is 1.13. The van der Waals surface area contributed by atoms with Gasteiger partial charge in [-0.1, -0.05) is 17.3 Å². The highest BCUT2D eigenvalue weighted by Gasteiger charge is 2.29. The molecule has 1 atom stereocenters. The molecule has 1 N–H and O–H groups in total. The Morgan fingerprint density at radius 1 is 1.23 bits per heavy atom. The average molecular weight is 428 g/mol. The van der Waals surface area contributed by atoms with Gasteiger partial charge in [0.05, 0.1) is 17.2 Å². The van der Waals surface area contributed by atoms with Crippen molar-refractivity contribution in [2.75, 3.05) is 18.4 Å². The fourth-order valence-corrected chi connectivity index (χ4v) is 3.67. The third-order valence-corrected chi connectivity index (χ3v) is 5.12. The predicted octanol–water partition coefficient (Wildman–Crippen LogP) is 4.74. The van der Waals surface area contributed by atoms with Crippen molar-refractivity contribution in [1.29, 1.82) is 0 Å². The second-order valence-corrected chi connectivity index (χ2v) is 7.34. The van der Waals surface area contributed by atoms with Gasteiger partial charge in [-0.25, -0.2) is 0 Å². The molecule has 1 aromatic heterocycles. The lowest BCUT2D eigenvalue weighted by atomic mass is 9.97. The molecule has 1 fully saturated rings. The molecule has 2 heterocycles. The Morgan fingerprint density at radius 3 is 2.71 bits per heavy atom. The summed E-state index contributed by atoms with van der Waals surface area (Å²) in [5.41, 5.74) is 1.81. The van der Waals surface area contributed by atoms with E-state index in [0.29, 0.717) is 41.7 Å². The molecule has 9 heteroatoms. The van der Waals surface area contributed by atoms with Crippen LogP contribution >= 0.6 is 0 Å². The van der Waals surface area contributed by atoms with Crippen LogP contribution in [0, 0.1) is 6.92 Å². The van der Waals surface area contributed by atoms with Gasteiger partial charge >= 0.3 is 6.61 Å². The van der Waals surface area contributed by atoms with Crippen molar-refractivity contribution in [3.63, 3.8) is 0 Å². The van der Waals surface area contributed by atoms with E-state index in [1.165, 1.54) is 12.1 Å². The zero-order chi connectivity index (χ0) is 21.8. The molecule has 4 rings (SSSR count). The van der Waals surface area contributed by atoms with Gasteiger partial charge in [0.25, 0.3) is 5.91 Å². The minimum absolute atomic E-state index is 0.0152. The lowest BCUT2D eigenvalue weighted by Crippen LogP contribution is -2.39. The molecule has 1 amide bonds. The zero-order valence-electron chi connectivity index (χ0n) is 16.9. The maximum absolute atomic E-state index is 13.3. The Labute approximate surface area is 178 Å². The molecule has 0 saturated carbocycles. The molecule has 1 aliphatic heterocycles. The van der Waals surface area contributed by atoms with Gasteiger partial charge in [0, 0.05) is 18.8 Å².